The third-order valence-electron chi connectivity index (χ3n) is 3.60. The predicted octanol–water partition coefficient (Wildman–Crippen LogP) is 5.07. The van der Waals surface area contributed by atoms with Crippen molar-refractivity contribution in [2.24, 2.45) is 0 Å². The molecule has 1 nitrogen and oxygen atoms in total. The lowest BCUT2D eigenvalue weighted by Crippen LogP contribution is -1.99. The molecular formula is C18H15F3O. The molecule has 22 heavy (non-hydrogen) atoms. The number of carbonyl (C=O) groups excluding carboxylic acids is 1. The number of halogens is 3. The molecule has 0 heterocycles. The number of ketones is 1. The van der Waals surface area contributed by atoms with Crippen LogP contribution < -0.4 is 0 Å². The largest absolute Gasteiger partial charge is 0.295 e. The average molecular weight is 304 g/mol. The number of carbonyl (C=O) groups is 1. The molecular weight excluding hydrogens is 289 g/mol. The Kier molecular flexibility index (Phi) is 4.50. The quantitative estimate of drug-likeness (QED) is 0.723. The monoisotopic (exact) mass is 304 g/mol. The lowest BCUT2D eigenvalue weighted by Gasteiger charge is -2.12. The molecule has 0 N–H and O–H groups in total. The summed E-state index contributed by atoms with van der Waals surface area (Å²) < 4.78 is 40.9. The lowest BCUT2D eigenvalue weighted by atomic mass is 9.94. The molecule has 0 atom stereocenters. The number of rotatable bonds is 3. The van der Waals surface area contributed by atoms with Crippen LogP contribution >= 0.6 is 0 Å². The van der Waals surface area contributed by atoms with E-state index in [2.05, 4.69) is 0 Å². The second kappa shape index (κ2) is 6.18. The van der Waals surface area contributed by atoms with Crippen molar-refractivity contribution in [1.82, 2.24) is 0 Å². The Morgan fingerprint density at radius 1 is 1.05 bits per heavy atom. The van der Waals surface area contributed by atoms with Gasteiger partial charge in [-0.1, -0.05) is 12.1 Å². The Bertz CT molecular complexity index is 759. The van der Waals surface area contributed by atoms with Gasteiger partial charge in [-0.3, -0.25) is 4.79 Å². The average Bonchev–Trinajstić information content (AvgIpc) is 2.48. The minimum atomic E-state index is -1.01. The van der Waals surface area contributed by atoms with Crippen LogP contribution in [0.25, 0.3) is 17.2 Å². The fraction of sp³-hybridized carbons (Fsp3) is 0.167. The van der Waals surface area contributed by atoms with E-state index in [1.54, 1.807) is 13.8 Å². The van der Waals surface area contributed by atoms with E-state index in [1.807, 2.05) is 0 Å². The third-order valence-corrected chi connectivity index (χ3v) is 3.60. The highest BCUT2D eigenvalue weighted by atomic mass is 19.2. The summed E-state index contributed by atoms with van der Waals surface area (Å²) in [4.78, 5) is 11.3. The molecule has 0 unspecified atom stereocenters. The summed E-state index contributed by atoms with van der Waals surface area (Å²) in [6.45, 7) is 4.55. The maximum absolute atomic E-state index is 14.1. The molecule has 0 aromatic heterocycles. The van der Waals surface area contributed by atoms with E-state index < -0.39 is 17.5 Å². The van der Waals surface area contributed by atoms with Crippen molar-refractivity contribution in [3.63, 3.8) is 0 Å². The van der Waals surface area contributed by atoms with Gasteiger partial charge in [0.05, 0.1) is 0 Å². The fourth-order valence-corrected chi connectivity index (χ4v) is 2.16. The summed E-state index contributed by atoms with van der Waals surface area (Å²) in [6.07, 6.45) is 1.34. The summed E-state index contributed by atoms with van der Waals surface area (Å²) >= 11 is 0. The van der Waals surface area contributed by atoms with Crippen LogP contribution in [0.1, 0.15) is 25.0 Å². The molecule has 4 heteroatoms. The van der Waals surface area contributed by atoms with Crippen LogP contribution in [0.15, 0.2) is 35.9 Å². The van der Waals surface area contributed by atoms with E-state index in [-0.39, 0.29) is 11.3 Å². The summed E-state index contributed by atoms with van der Waals surface area (Å²) in [5.74, 6) is -2.63. The van der Waals surface area contributed by atoms with Gasteiger partial charge in [0.15, 0.2) is 17.4 Å². The zero-order valence-corrected chi connectivity index (χ0v) is 12.5. The van der Waals surface area contributed by atoms with Crippen molar-refractivity contribution in [2.45, 2.75) is 20.8 Å². The summed E-state index contributed by atoms with van der Waals surface area (Å²) in [7, 11) is 0. The zero-order valence-electron chi connectivity index (χ0n) is 12.5. The molecule has 0 radical (unpaired) electrons. The number of benzene rings is 2. The lowest BCUT2D eigenvalue weighted by molar-refractivity contribution is -0.113. The summed E-state index contributed by atoms with van der Waals surface area (Å²) in [5, 5.41) is 0. The highest BCUT2D eigenvalue weighted by molar-refractivity contribution is 5.97. The van der Waals surface area contributed by atoms with Crippen molar-refractivity contribution in [2.75, 3.05) is 0 Å². The smallest absolute Gasteiger partial charge is 0.166 e. The highest BCUT2D eigenvalue weighted by Gasteiger charge is 2.16. The number of hydrogen-bond acceptors (Lipinski definition) is 1. The third kappa shape index (κ3) is 3.11. The summed E-state index contributed by atoms with van der Waals surface area (Å²) in [6, 6.07) is 6.59. The Morgan fingerprint density at radius 2 is 1.64 bits per heavy atom. The van der Waals surface area contributed by atoms with Gasteiger partial charge in [-0.05, 0) is 67.3 Å². The van der Waals surface area contributed by atoms with Crippen LogP contribution in [0.5, 0.6) is 0 Å². The topological polar surface area (TPSA) is 17.1 Å². The van der Waals surface area contributed by atoms with Crippen molar-refractivity contribution in [1.29, 1.82) is 0 Å². The molecule has 0 bridgehead atoms. The Balaban J connectivity index is 2.68. The molecule has 0 saturated heterocycles. The minimum absolute atomic E-state index is 0.0343. The Labute approximate surface area is 127 Å². The molecule has 114 valence electrons. The first-order valence-corrected chi connectivity index (χ1v) is 6.75. The van der Waals surface area contributed by atoms with Crippen LogP contribution in [0.2, 0.25) is 0 Å². The van der Waals surface area contributed by atoms with Crippen LogP contribution in [0, 0.1) is 24.4 Å². The molecule has 0 aliphatic carbocycles. The maximum atomic E-state index is 14.1. The van der Waals surface area contributed by atoms with Crippen LogP contribution in [0.4, 0.5) is 13.2 Å². The number of hydrogen-bond donors (Lipinski definition) is 0. The SMILES string of the molecule is CC(=O)/C(C)=C/c1c(C)c(-c2ccc(F)cc2)cc(F)c1F. The molecule has 0 aliphatic rings. The second-order valence-corrected chi connectivity index (χ2v) is 5.15. The minimum Gasteiger partial charge on any atom is -0.295 e. The first-order chi connectivity index (χ1) is 10.3. The van der Waals surface area contributed by atoms with Crippen molar-refractivity contribution < 1.29 is 18.0 Å². The van der Waals surface area contributed by atoms with E-state index >= 15 is 0 Å². The molecule has 0 amide bonds. The molecule has 0 aliphatic heterocycles. The standard InChI is InChI=1S/C18H15F3O/c1-10(12(3)22)8-16-11(2)15(9-17(20)18(16)21)13-4-6-14(19)7-5-13/h4-9H,1-3H3/b10-8+. The molecule has 2 rings (SSSR count). The molecule has 0 spiro atoms. The highest BCUT2D eigenvalue weighted by Crippen LogP contribution is 2.31. The van der Waals surface area contributed by atoms with E-state index in [0.717, 1.165) is 6.07 Å². The normalized spacial score (nSPS) is 11.6. The van der Waals surface area contributed by atoms with Crippen LogP contribution in [-0.2, 0) is 4.79 Å². The first kappa shape index (κ1) is 16.0. The van der Waals surface area contributed by atoms with Gasteiger partial charge in [0.2, 0.25) is 0 Å². The molecule has 0 saturated carbocycles. The van der Waals surface area contributed by atoms with Crippen LogP contribution in [-0.4, -0.2) is 5.78 Å². The Hall–Kier alpha value is -2.36. The van der Waals surface area contributed by atoms with Gasteiger partial charge in [-0.25, -0.2) is 13.2 Å². The van der Waals surface area contributed by atoms with Gasteiger partial charge < -0.3 is 0 Å². The predicted molar refractivity (Wildman–Crippen MR) is 80.8 cm³/mol. The van der Waals surface area contributed by atoms with Gasteiger partial charge in [0.25, 0.3) is 0 Å². The van der Waals surface area contributed by atoms with Gasteiger partial charge in [0.1, 0.15) is 5.82 Å². The second-order valence-electron chi connectivity index (χ2n) is 5.15. The Morgan fingerprint density at radius 3 is 2.18 bits per heavy atom. The van der Waals surface area contributed by atoms with E-state index in [0.29, 0.717) is 22.3 Å². The van der Waals surface area contributed by atoms with Gasteiger partial charge in [-0.15, -0.1) is 0 Å². The van der Waals surface area contributed by atoms with Gasteiger partial charge in [-0.2, -0.15) is 0 Å². The fourth-order valence-electron chi connectivity index (χ4n) is 2.16. The molecule has 2 aromatic carbocycles. The zero-order chi connectivity index (χ0) is 16.4. The van der Waals surface area contributed by atoms with Gasteiger partial charge in [0, 0.05) is 5.56 Å². The van der Waals surface area contributed by atoms with E-state index in [4.69, 9.17) is 0 Å². The van der Waals surface area contributed by atoms with Crippen LogP contribution in [0.3, 0.4) is 0 Å². The van der Waals surface area contributed by atoms with Crippen molar-refractivity contribution in [3.05, 3.63) is 64.5 Å². The number of Topliss-reactive ketones (excluding diaryl/α,β-unsaturated/α-hetero) is 1. The van der Waals surface area contributed by atoms with E-state index in [1.165, 1.54) is 37.3 Å². The number of allylic oxidation sites excluding steroid dienone is 1. The van der Waals surface area contributed by atoms with E-state index in [9.17, 15) is 18.0 Å². The van der Waals surface area contributed by atoms with Crippen molar-refractivity contribution in [3.8, 4) is 11.1 Å². The van der Waals surface area contributed by atoms with Gasteiger partial charge >= 0.3 is 0 Å². The molecule has 0 fully saturated rings. The maximum Gasteiger partial charge on any atom is 0.166 e. The summed E-state index contributed by atoms with van der Waals surface area (Å²) in [5.41, 5.74) is 1.89. The van der Waals surface area contributed by atoms with Crippen molar-refractivity contribution >= 4 is 11.9 Å². The molecule has 2 aromatic rings. The first-order valence-electron chi connectivity index (χ1n) is 6.75.